The second-order valence-electron chi connectivity index (χ2n) is 15.6. The highest BCUT2D eigenvalue weighted by Crippen LogP contribution is 2.47. The summed E-state index contributed by atoms with van der Waals surface area (Å²) in [5, 5.41) is 14.7. The number of aromatic nitrogens is 2. The molecule has 0 saturated heterocycles. The Morgan fingerprint density at radius 1 is 0.233 bits per heavy atom. The molecule has 11 aromatic carbocycles. The molecule has 1 heterocycles. The van der Waals surface area contributed by atoms with Gasteiger partial charge in [-0.2, -0.15) is 0 Å². The van der Waals surface area contributed by atoms with E-state index in [-0.39, 0.29) is 0 Å². The van der Waals surface area contributed by atoms with Gasteiger partial charge in [-0.15, -0.1) is 0 Å². The molecule has 60 heavy (non-hydrogen) atoms. The predicted octanol–water partition coefficient (Wildman–Crippen LogP) is 15.7. The number of nitrogens with zero attached hydrogens (tertiary/aromatic N) is 2. The fourth-order valence-corrected chi connectivity index (χ4v) is 9.51. The van der Waals surface area contributed by atoms with Crippen molar-refractivity contribution >= 4 is 64.6 Å². The minimum absolute atomic E-state index is 0.703. The van der Waals surface area contributed by atoms with Crippen LogP contribution in [0.3, 0.4) is 0 Å². The molecule has 0 fully saturated rings. The van der Waals surface area contributed by atoms with Crippen molar-refractivity contribution in [2.75, 3.05) is 0 Å². The predicted molar refractivity (Wildman–Crippen MR) is 254 cm³/mol. The monoisotopic (exact) mass is 760 g/mol. The van der Waals surface area contributed by atoms with Crippen molar-refractivity contribution in [3.8, 4) is 56.2 Å². The Labute approximate surface area is 347 Å². The largest absolute Gasteiger partial charge is 0.228 e. The molecule has 2 heteroatoms. The molecule has 0 aliphatic rings. The van der Waals surface area contributed by atoms with E-state index in [1.165, 1.54) is 86.9 Å². The van der Waals surface area contributed by atoms with Crippen molar-refractivity contribution in [3.63, 3.8) is 0 Å². The van der Waals surface area contributed by atoms with Gasteiger partial charge < -0.3 is 0 Å². The van der Waals surface area contributed by atoms with Gasteiger partial charge in [0.25, 0.3) is 0 Å². The minimum Gasteiger partial charge on any atom is -0.228 e. The van der Waals surface area contributed by atoms with E-state index in [1.807, 2.05) is 6.07 Å². The molecule has 0 unspecified atom stereocenters. The van der Waals surface area contributed by atoms with Gasteiger partial charge in [-0.3, -0.25) is 0 Å². The van der Waals surface area contributed by atoms with Crippen molar-refractivity contribution in [2.24, 2.45) is 0 Å². The van der Waals surface area contributed by atoms with E-state index >= 15 is 0 Å². The zero-order valence-corrected chi connectivity index (χ0v) is 32.7. The van der Waals surface area contributed by atoms with Crippen LogP contribution < -0.4 is 0 Å². The van der Waals surface area contributed by atoms with Crippen LogP contribution in [0.1, 0.15) is 0 Å². The lowest BCUT2D eigenvalue weighted by molar-refractivity contribution is 1.19. The summed E-state index contributed by atoms with van der Waals surface area (Å²) in [5.41, 5.74) is 9.82. The van der Waals surface area contributed by atoms with Crippen LogP contribution in [-0.2, 0) is 0 Å². The van der Waals surface area contributed by atoms with E-state index in [9.17, 15) is 0 Å². The molecule has 0 radical (unpaired) electrons. The summed E-state index contributed by atoms with van der Waals surface area (Å²) in [6.07, 6.45) is 0. The highest BCUT2D eigenvalue weighted by atomic mass is 14.9. The lowest BCUT2D eigenvalue weighted by Crippen LogP contribution is -1.97. The fourth-order valence-electron chi connectivity index (χ4n) is 9.51. The summed E-state index contributed by atoms with van der Waals surface area (Å²) in [6, 6.07) is 78.8. The molecule has 278 valence electrons. The first-order valence-electron chi connectivity index (χ1n) is 20.6. The average Bonchev–Trinajstić information content (AvgIpc) is 3.33. The van der Waals surface area contributed by atoms with Crippen LogP contribution in [0.5, 0.6) is 0 Å². The summed E-state index contributed by atoms with van der Waals surface area (Å²) in [4.78, 5) is 10.6. The van der Waals surface area contributed by atoms with Crippen LogP contribution in [0.15, 0.2) is 218 Å². The van der Waals surface area contributed by atoms with E-state index < -0.39 is 0 Å². The molecular weight excluding hydrogens is 725 g/mol. The van der Waals surface area contributed by atoms with Crippen LogP contribution in [-0.4, -0.2) is 9.97 Å². The fraction of sp³-hybridized carbons (Fsp3) is 0. The summed E-state index contributed by atoms with van der Waals surface area (Å²) < 4.78 is 0. The Bertz CT molecular complexity index is 3630. The summed E-state index contributed by atoms with van der Waals surface area (Å²) in [7, 11) is 0. The van der Waals surface area contributed by atoms with Crippen molar-refractivity contribution in [3.05, 3.63) is 218 Å². The van der Waals surface area contributed by atoms with Gasteiger partial charge in [0.1, 0.15) is 0 Å². The Morgan fingerprint density at radius 2 is 0.717 bits per heavy atom. The normalized spacial score (nSPS) is 11.7. The third-order valence-corrected chi connectivity index (χ3v) is 12.2. The third kappa shape index (κ3) is 5.50. The zero-order valence-electron chi connectivity index (χ0n) is 32.7. The first-order valence-corrected chi connectivity index (χ1v) is 20.6. The Morgan fingerprint density at radius 3 is 1.43 bits per heavy atom. The van der Waals surface area contributed by atoms with Crippen molar-refractivity contribution < 1.29 is 0 Å². The zero-order chi connectivity index (χ0) is 39.6. The maximum Gasteiger partial charge on any atom is 0.160 e. The smallest absolute Gasteiger partial charge is 0.160 e. The number of rotatable bonds is 5. The topological polar surface area (TPSA) is 25.8 Å². The van der Waals surface area contributed by atoms with Gasteiger partial charge in [0.2, 0.25) is 0 Å². The molecule has 0 bridgehead atoms. The number of benzene rings is 11. The van der Waals surface area contributed by atoms with Crippen LogP contribution >= 0.6 is 0 Å². The lowest BCUT2D eigenvalue weighted by atomic mass is 9.84. The molecule has 0 atom stereocenters. The van der Waals surface area contributed by atoms with Crippen LogP contribution in [0.2, 0.25) is 0 Å². The van der Waals surface area contributed by atoms with Gasteiger partial charge in [0.15, 0.2) is 5.82 Å². The number of fused-ring (bicyclic) bond motifs is 8. The first kappa shape index (κ1) is 34.1. The lowest BCUT2D eigenvalue weighted by Gasteiger charge is -2.19. The van der Waals surface area contributed by atoms with E-state index in [2.05, 4.69) is 212 Å². The molecule has 1 aromatic heterocycles. The quantitative estimate of drug-likeness (QED) is 0.129. The Hall–Kier alpha value is -7.94. The van der Waals surface area contributed by atoms with Gasteiger partial charge in [-0.1, -0.05) is 206 Å². The molecule has 12 aromatic rings. The van der Waals surface area contributed by atoms with Gasteiger partial charge in [-0.25, -0.2) is 9.97 Å². The Kier molecular flexibility index (Phi) is 7.89. The average molecular weight is 761 g/mol. The van der Waals surface area contributed by atoms with E-state index in [1.54, 1.807) is 0 Å². The second-order valence-corrected chi connectivity index (χ2v) is 15.6. The minimum atomic E-state index is 0.703. The molecule has 0 aliphatic carbocycles. The molecule has 0 saturated carbocycles. The molecule has 12 rings (SSSR count). The maximum atomic E-state index is 5.36. The van der Waals surface area contributed by atoms with Crippen molar-refractivity contribution in [1.82, 2.24) is 9.97 Å². The molecular formula is C58H36N2. The standard InChI is InChI=1S/C58H36N2/c1-3-17-40(18-4-1)55-48-26-14-13-25-47(48)54(50-34-32-38-16-8-11-23-45(38)57(50)55)41-29-27-39(28-30-41)52-36-53(60-58(59-52)42-19-5-2-6-20-42)56-46-24-12-9-21-43(46)35-51-44-22-10-7-15-37(44)31-33-49(51)56/h1-36H. The van der Waals surface area contributed by atoms with Crippen LogP contribution in [0.4, 0.5) is 0 Å². The SMILES string of the molecule is c1ccc(-c2nc(-c3ccc(-c4c5ccccc5c(-c5ccccc5)c5c4ccc4ccccc45)cc3)cc(-c3c4ccccc4cc4c3ccc3ccccc34)n2)cc1. The van der Waals surface area contributed by atoms with Crippen LogP contribution in [0, 0.1) is 0 Å². The van der Waals surface area contributed by atoms with E-state index in [4.69, 9.17) is 9.97 Å². The highest BCUT2D eigenvalue weighted by molar-refractivity contribution is 6.28. The maximum absolute atomic E-state index is 5.36. The molecule has 0 amide bonds. The molecule has 0 spiro atoms. The summed E-state index contributed by atoms with van der Waals surface area (Å²) in [5.74, 6) is 0.703. The van der Waals surface area contributed by atoms with Crippen molar-refractivity contribution in [2.45, 2.75) is 0 Å². The Balaban J connectivity index is 1.09. The number of hydrogen-bond acceptors (Lipinski definition) is 2. The van der Waals surface area contributed by atoms with Crippen molar-refractivity contribution in [1.29, 1.82) is 0 Å². The van der Waals surface area contributed by atoms with Gasteiger partial charge in [0.05, 0.1) is 11.4 Å². The number of hydrogen-bond donors (Lipinski definition) is 0. The van der Waals surface area contributed by atoms with Gasteiger partial charge >= 0.3 is 0 Å². The second kappa shape index (κ2) is 13.9. The molecule has 2 nitrogen and oxygen atoms in total. The van der Waals surface area contributed by atoms with E-state index in [0.29, 0.717) is 5.82 Å². The molecule has 0 N–H and O–H groups in total. The van der Waals surface area contributed by atoms with Gasteiger partial charge in [0, 0.05) is 16.7 Å². The first-order chi connectivity index (χ1) is 29.8. The molecule has 0 aliphatic heterocycles. The third-order valence-electron chi connectivity index (χ3n) is 12.2. The van der Waals surface area contributed by atoms with E-state index in [0.717, 1.165) is 28.1 Å². The summed E-state index contributed by atoms with van der Waals surface area (Å²) >= 11 is 0. The summed E-state index contributed by atoms with van der Waals surface area (Å²) in [6.45, 7) is 0. The van der Waals surface area contributed by atoms with Crippen LogP contribution in [0.25, 0.3) is 121 Å². The van der Waals surface area contributed by atoms with Gasteiger partial charge in [-0.05, 0) is 99.0 Å². The highest BCUT2D eigenvalue weighted by Gasteiger charge is 2.20.